The lowest BCUT2D eigenvalue weighted by Gasteiger charge is -2.39. The summed E-state index contributed by atoms with van der Waals surface area (Å²) in [4.78, 5) is 33.3. The molecule has 1 fully saturated rings. The van der Waals surface area contributed by atoms with E-state index in [1.54, 1.807) is 14.2 Å². The monoisotopic (exact) mass is 816 g/mol. The van der Waals surface area contributed by atoms with Crippen molar-refractivity contribution in [2.75, 3.05) is 25.7 Å². The molecule has 0 saturated carbocycles. The predicted molar refractivity (Wildman–Crippen MR) is 209 cm³/mol. The molecule has 2 amide bonds. The van der Waals surface area contributed by atoms with Crippen LogP contribution in [0, 0.1) is 9.49 Å². The molecule has 3 aliphatic heterocycles. The summed E-state index contributed by atoms with van der Waals surface area (Å²) in [6, 6.07) is 30.0. The molecule has 266 valence electrons. The molecule has 0 aromatic heterocycles. The third-order valence-corrected chi connectivity index (χ3v) is 16.6. The lowest BCUT2D eigenvalue weighted by atomic mass is 9.82. The average molecular weight is 817 g/mol. The zero-order valence-electron chi connectivity index (χ0n) is 29.8. The van der Waals surface area contributed by atoms with Gasteiger partial charge in [-0.1, -0.05) is 73.7 Å². The van der Waals surface area contributed by atoms with E-state index in [-0.39, 0.29) is 42.3 Å². The molecule has 3 aliphatic rings. The fraction of sp³-hybridized carbons (Fsp3) is 0.366. The van der Waals surface area contributed by atoms with Crippen LogP contribution < -0.4 is 19.6 Å². The van der Waals surface area contributed by atoms with Crippen molar-refractivity contribution in [2.45, 2.75) is 69.2 Å². The van der Waals surface area contributed by atoms with Gasteiger partial charge >= 0.3 is 0 Å². The van der Waals surface area contributed by atoms with Crippen LogP contribution in [0.2, 0.25) is 18.6 Å². The number of aliphatic hydroxyl groups is 1. The first kappa shape index (κ1) is 35.7. The summed E-state index contributed by atoms with van der Waals surface area (Å²) >= 11 is 2.29. The van der Waals surface area contributed by atoms with Gasteiger partial charge in [0.15, 0.2) is 5.60 Å². The van der Waals surface area contributed by atoms with Crippen LogP contribution in [0.25, 0.3) is 0 Å². The summed E-state index contributed by atoms with van der Waals surface area (Å²) in [6.07, 6.45) is 0.152. The first-order chi connectivity index (χ1) is 24.5. The second kappa shape index (κ2) is 14.0. The molecule has 1 saturated heterocycles. The van der Waals surface area contributed by atoms with Gasteiger partial charge in [-0.05, 0) is 93.7 Å². The summed E-state index contributed by atoms with van der Waals surface area (Å²) < 4.78 is 19.6. The number of benzene rings is 4. The fourth-order valence-corrected chi connectivity index (χ4v) is 13.3. The van der Waals surface area contributed by atoms with Crippen molar-refractivity contribution < 1.29 is 28.9 Å². The van der Waals surface area contributed by atoms with Gasteiger partial charge in [-0.15, -0.1) is 0 Å². The Morgan fingerprint density at radius 1 is 0.961 bits per heavy atom. The van der Waals surface area contributed by atoms with E-state index in [0.717, 1.165) is 37.3 Å². The minimum Gasteiger partial charge on any atom is -0.497 e. The van der Waals surface area contributed by atoms with Crippen molar-refractivity contribution in [3.8, 4) is 11.5 Å². The van der Waals surface area contributed by atoms with Gasteiger partial charge < -0.3 is 29.1 Å². The Labute approximate surface area is 314 Å². The normalized spacial score (nSPS) is 24.1. The molecule has 0 bridgehead atoms. The third-order valence-electron chi connectivity index (χ3n) is 11.6. The molecule has 4 aromatic carbocycles. The average Bonchev–Trinajstić information content (AvgIpc) is 3.57. The van der Waals surface area contributed by atoms with Gasteiger partial charge in [-0.3, -0.25) is 9.59 Å². The highest BCUT2D eigenvalue weighted by Gasteiger charge is 2.66. The maximum atomic E-state index is 15.2. The van der Waals surface area contributed by atoms with Crippen molar-refractivity contribution >= 4 is 53.4 Å². The highest BCUT2D eigenvalue weighted by molar-refractivity contribution is 14.1. The maximum absolute atomic E-state index is 15.2. The van der Waals surface area contributed by atoms with E-state index >= 15 is 4.79 Å². The summed E-state index contributed by atoms with van der Waals surface area (Å²) in [5, 5.41) is 11.6. The van der Waals surface area contributed by atoms with E-state index in [2.05, 4.69) is 91.1 Å². The van der Waals surface area contributed by atoms with E-state index in [9.17, 15) is 9.90 Å². The SMILES string of the molecule is COc1ccc([Si](C)(C)[C@@H]2[C@@H](CC(=O)N3Cc4ccccc4C[C@H]3CO)O[C@]3(C(=O)N(Cc4ccc(I)cc4)c4ccc(OC)cc43)[C@H]2C)cc1. The van der Waals surface area contributed by atoms with Crippen LogP contribution in [0.4, 0.5) is 5.69 Å². The fourth-order valence-electron chi connectivity index (χ4n) is 8.88. The van der Waals surface area contributed by atoms with Crippen molar-refractivity contribution in [3.63, 3.8) is 0 Å². The van der Waals surface area contributed by atoms with Crippen molar-refractivity contribution in [3.05, 3.63) is 117 Å². The Morgan fingerprint density at radius 3 is 2.29 bits per heavy atom. The standard InChI is InChI=1S/C41H45IN2O6Si/c1-26-39(51(4,5)34-17-14-32(48-2)15-18-34)37(22-38(46)43-24-29-9-7-6-8-28(29)20-31(43)25-45)50-41(26)35-21-33(49-3)16-19-36(35)44(40(41)47)23-27-10-12-30(42)13-11-27/h6-19,21,26,31,37,39,45H,20,22-25H2,1-5H3/t26-,31-,37+,39-,41+/m0/s1. The number of halogens is 1. The van der Waals surface area contributed by atoms with Gasteiger partial charge in [0.1, 0.15) is 11.5 Å². The number of nitrogens with zero attached hydrogens (tertiary/aromatic N) is 2. The molecule has 0 unspecified atom stereocenters. The Morgan fingerprint density at radius 2 is 1.63 bits per heavy atom. The van der Waals surface area contributed by atoms with Crippen LogP contribution in [0.1, 0.15) is 35.6 Å². The number of aliphatic hydroxyl groups excluding tert-OH is 1. The quantitative estimate of drug-likeness (QED) is 0.155. The highest BCUT2D eigenvalue weighted by atomic mass is 127. The highest BCUT2D eigenvalue weighted by Crippen LogP contribution is 2.60. The number of carbonyl (C=O) groups is 2. The van der Waals surface area contributed by atoms with Gasteiger partial charge in [0.25, 0.3) is 5.91 Å². The first-order valence-corrected chi connectivity index (χ1v) is 21.7. The molecule has 5 atom stereocenters. The number of hydrogen-bond donors (Lipinski definition) is 1. The molecule has 3 heterocycles. The van der Waals surface area contributed by atoms with Crippen molar-refractivity contribution in [1.82, 2.24) is 4.90 Å². The van der Waals surface area contributed by atoms with Crippen LogP contribution >= 0.6 is 22.6 Å². The zero-order valence-corrected chi connectivity index (χ0v) is 32.9. The molecular weight excluding hydrogens is 771 g/mol. The largest absolute Gasteiger partial charge is 0.497 e. The Hall–Kier alpha value is -3.71. The Balaban J connectivity index is 1.31. The van der Waals surface area contributed by atoms with Crippen LogP contribution in [0.3, 0.4) is 0 Å². The van der Waals surface area contributed by atoms with Crippen molar-refractivity contribution in [2.24, 2.45) is 5.92 Å². The van der Waals surface area contributed by atoms with E-state index in [4.69, 9.17) is 14.2 Å². The maximum Gasteiger partial charge on any atom is 0.264 e. The number of fused-ring (bicyclic) bond motifs is 3. The first-order valence-electron chi connectivity index (χ1n) is 17.6. The van der Waals surface area contributed by atoms with E-state index in [1.165, 1.54) is 5.19 Å². The van der Waals surface area contributed by atoms with E-state index in [1.807, 2.05) is 52.3 Å². The molecular formula is C41H45IN2O6Si. The molecule has 7 rings (SSSR count). The van der Waals surface area contributed by atoms with Crippen LogP contribution in [0.5, 0.6) is 11.5 Å². The summed E-state index contributed by atoms with van der Waals surface area (Å²) in [5.74, 6) is 0.968. The van der Waals surface area contributed by atoms with Gasteiger partial charge in [0.05, 0.1) is 59.7 Å². The van der Waals surface area contributed by atoms with E-state index < -0.39 is 19.8 Å². The van der Waals surface area contributed by atoms with Gasteiger partial charge in [-0.25, -0.2) is 0 Å². The number of ether oxygens (including phenoxy) is 3. The van der Waals surface area contributed by atoms with Crippen LogP contribution in [0.15, 0.2) is 91.0 Å². The topological polar surface area (TPSA) is 88.5 Å². The number of rotatable bonds is 9. The molecule has 0 radical (unpaired) electrons. The number of amides is 2. The number of anilines is 1. The van der Waals surface area contributed by atoms with Gasteiger partial charge in [0.2, 0.25) is 5.91 Å². The van der Waals surface area contributed by atoms with E-state index in [0.29, 0.717) is 25.3 Å². The van der Waals surface area contributed by atoms with Crippen LogP contribution in [-0.2, 0) is 39.4 Å². The molecule has 8 nitrogen and oxygen atoms in total. The third kappa shape index (κ3) is 6.17. The number of hydrogen-bond acceptors (Lipinski definition) is 6. The Kier molecular flexibility index (Phi) is 9.81. The van der Waals surface area contributed by atoms with Gasteiger partial charge in [-0.2, -0.15) is 0 Å². The Bertz CT molecular complexity index is 1940. The zero-order chi connectivity index (χ0) is 36.1. The molecule has 0 aliphatic carbocycles. The lowest BCUT2D eigenvalue weighted by molar-refractivity contribution is -0.151. The van der Waals surface area contributed by atoms with Crippen LogP contribution in [-0.4, -0.2) is 62.9 Å². The molecule has 1 spiro atoms. The summed E-state index contributed by atoms with van der Waals surface area (Å²) in [6.45, 7) is 7.47. The molecule has 10 heteroatoms. The molecule has 4 aromatic rings. The lowest BCUT2D eigenvalue weighted by Crippen LogP contribution is -2.52. The molecule has 1 N–H and O–H groups in total. The summed E-state index contributed by atoms with van der Waals surface area (Å²) in [7, 11) is 0.812. The number of carbonyl (C=O) groups excluding carboxylic acids is 2. The number of methoxy groups -OCH3 is 2. The predicted octanol–water partition coefficient (Wildman–Crippen LogP) is 6.41. The smallest absolute Gasteiger partial charge is 0.264 e. The molecule has 51 heavy (non-hydrogen) atoms. The minimum absolute atomic E-state index is 0.0746. The van der Waals surface area contributed by atoms with Crippen molar-refractivity contribution in [1.29, 1.82) is 0 Å². The second-order valence-electron chi connectivity index (χ2n) is 14.6. The summed E-state index contributed by atoms with van der Waals surface area (Å²) in [5.41, 5.74) is 3.43. The minimum atomic E-state index is -2.48. The van der Waals surface area contributed by atoms with Gasteiger partial charge in [0, 0.05) is 21.6 Å². The second-order valence-corrected chi connectivity index (χ2v) is 20.5.